The lowest BCUT2D eigenvalue weighted by molar-refractivity contribution is 0.0644. The van der Waals surface area contributed by atoms with E-state index in [1.54, 1.807) is 0 Å². The topological polar surface area (TPSA) is 21.3 Å². The van der Waals surface area contributed by atoms with Crippen LogP contribution in [0.2, 0.25) is 0 Å². The molecule has 0 aromatic rings. The number of terminal acetylenes is 1. The quantitative estimate of drug-likeness (QED) is 0.623. The van der Waals surface area contributed by atoms with Crippen molar-refractivity contribution >= 4 is 0 Å². The lowest BCUT2D eigenvalue weighted by atomic mass is 10.0. The van der Waals surface area contributed by atoms with E-state index in [1.165, 1.54) is 6.42 Å². The number of hydrogen-bond donors (Lipinski definition) is 1. The molecule has 1 heterocycles. The zero-order chi connectivity index (χ0) is 9.03. The van der Waals surface area contributed by atoms with Gasteiger partial charge in [-0.3, -0.25) is 5.32 Å². The molecule has 0 saturated carbocycles. The smallest absolute Gasteiger partial charge is 0.0744 e. The number of rotatable bonds is 2. The Morgan fingerprint density at radius 3 is 2.83 bits per heavy atom. The van der Waals surface area contributed by atoms with Crippen LogP contribution < -0.4 is 5.32 Å². The Morgan fingerprint density at radius 2 is 2.33 bits per heavy atom. The van der Waals surface area contributed by atoms with Crippen LogP contribution in [0.5, 0.6) is 0 Å². The molecule has 1 atom stereocenters. The minimum Gasteiger partial charge on any atom is -0.380 e. The molecule has 1 fully saturated rings. The normalized spacial score (nSPS) is 24.9. The summed E-state index contributed by atoms with van der Waals surface area (Å²) >= 11 is 0. The van der Waals surface area contributed by atoms with E-state index in [9.17, 15) is 0 Å². The maximum absolute atomic E-state index is 5.37. The third kappa shape index (κ3) is 2.84. The maximum Gasteiger partial charge on any atom is 0.0744 e. The fourth-order valence-electron chi connectivity index (χ4n) is 1.41. The summed E-state index contributed by atoms with van der Waals surface area (Å²) in [4.78, 5) is 0. The van der Waals surface area contributed by atoms with Gasteiger partial charge in [-0.1, -0.05) is 5.92 Å². The van der Waals surface area contributed by atoms with Crippen molar-refractivity contribution in [1.29, 1.82) is 0 Å². The van der Waals surface area contributed by atoms with E-state index in [1.807, 2.05) is 13.8 Å². The average molecular weight is 167 g/mol. The van der Waals surface area contributed by atoms with Gasteiger partial charge in [0.25, 0.3) is 0 Å². The van der Waals surface area contributed by atoms with Crippen LogP contribution in [0.25, 0.3) is 0 Å². The van der Waals surface area contributed by atoms with Gasteiger partial charge in [0, 0.05) is 12.6 Å². The molecule has 1 unspecified atom stereocenters. The molecule has 0 spiro atoms. The largest absolute Gasteiger partial charge is 0.380 e. The molecule has 0 aliphatic carbocycles. The summed E-state index contributed by atoms with van der Waals surface area (Å²) in [6, 6.07) is 0.435. The summed E-state index contributed by atoms with van der Waals surface area (Å²) in [6.45, 7) is 5.73. The summed E-state index contributed by atoms with van der Waals surface area (Å²) in [5.41, 5.74) is -0.203. The van der Waals surface area contributed by atoms with E-state index >= 15 is 0 Å². The van der Waals surface area contributed by atoms with Crippen LogP contribution in [0.1, 0.15) is 26.7 Å². The second-order valence-corrected chi connectivity index (χ2v) is 3.83. The van der Waals surface area contributed by atoms with Gasteiger partial charge < -0.3 is 4.74 Å². The van der Waals surface area contributed by atoms with Crippen molar-refractivity contribution in [2.24, 2.45) is 0 Å². The highest BCUT2D eigenvalue weighted by atomic mass is 16.5. The van der Waals surface area contributed by atoms with Crippen LogP contribution >= 0.6 is 0 Å². The molecule has 0 aromatic carbocycles. The monoisotopic (exact) mass is 167 g/mol. The van der Waals surface area contributed by atoms with Gasteiger partial charge in [0.1, 0.15) is 0 Å². The van der Waals surface area contributed by atoms with Crippen molar-refractivity contribution in [2.75, 3.05) is 13.2 Å². The van der Waals surface area contributed by atoms with Gasteiger partial charge in [-0.2, -0.15) is 0 Å². The van der Waals surface area contributed by atoms with Gasteiger partial charge in [-0.05, 0) is 26.7 Å². The highest BCUT2D eigenvalue weighted by Gasteiger charge is 2.21. The van der Waals surface area contributed by atoms with Crippen LogP contribution in [0, 0.1) is 12.3 Å². The van der Waals surface area contributed by atoms with E-state index in [0.717, 1.165) is 19.6 Å². The molecule has 0 radical (unpaired) electrons. The molecule has 1 aliphatic heterocycles. The second-order valence-electron chi connectivity index (χ2n) is 3.83. The van der Waals surface area contributed by atoms with Gasteiger partial charge in [0.2, 0.25) is 0 Å². The molecule has 68 valence electrons. The first-order chi connectivity index (χ1) is 5.64. The van der Waals surface area contributed by atoms with Gasteiger partial charge in [0.05, 0.1) is 12.1 Å². The third-order valence-electron chi connectivity index (χ3n) is 2.09. The molecule has 0 bridgehead atoms. The molecular formula is C10H17NO. The van der Waals surface area contributed by atoms with Crippen molar-refractivity contribution < 1.29 is 4.74 Å². The van der Waals surface area contributed by atoms with Crippen molar-refractivity contribution in [3.05, 3.63) is 0 Å². The average Bonchev–Trinajstić information content (AvgIpc) is 2.06. The van der Waals surface area contributed by atoms with Crippen molar-refractivity contribution in [3.8, 4) is 12.3 Å². The molecule has 1 saturated heterocycles. The lowest BCUT2D eigenvalue weighted by Gasteiger charge is -2.30. The molecule has 12 heavy (non-hydrogen) atoms. The van der Waals surface area contributed by atoms with Crippen molar-refractivity contribution in [1.82, 2.24) is 5.32 Å². The fourth-order valence-corrected chi connectivity index (χ4v) is 1.41. The van der Waals surface area contributed by atoms with E-state index in [-0.39, 0.29) is 5.54 Å². The molecule has 1 rings (SSSR count). The molecule has 2 nitrogen and oxygen atoms in total. The minimum atomic E-state index is -0.203. The van der Waals surface area contributed by atoms with Crippen molar-refractivity contribution in [2.45, 2.75) is 38.3 Å². The second kappa shape index (κ2) is 3.93. The van der Waals surface area contributed by atoms with E-state index < -0.39 is 0 Å². The highest BCUT2D eigenvalue weighted by Crippen LogP contribution is 2.10. The fraction of sp³-hybridized carbons (Fsp3) is 0.800. The number of nitrogens with one attached hydrogen (secondary N) is 1. The zero-order valence-electron chi connectivity index (χ0n) is 7.89. The van der Waals surface area contributed by atoms with Gasteiger partial charge in [0.15, 0.2) is 0 Å². The maximum atomic E-state index is 5.37. The summed E-state index contributed by atoms with van der Waals surface area (Å²) in [5, 5.41) is 3.38. The summed E-state index contributed by atoms with van der Waals surface area (Å²) in [7, 11) is 0. The summed E-state index contributed by atoms with van der Waals surface area (Å²) in [5.74, 6) is 2.72. The Labute approximate surface area is 74.7 Å². The van der Waals surface area contributed by atoms with E-state index in [4.69, 9.17) is 11.2 Å². The molecule has 0 aromatic heterocycles. The molecular weight excluding hydrogens is 150 g/mol. The van der Waals surface area contributed by atoms with Gasteiger partial charge >= 0.3 is 0 Å². The number of ether oxygens (including phenoxy) is 1. The van der Waals surface area contributed by atoms with Crippen molar-refractivity contribution in [3.63, 3.8) is 0 Å². The molecule has 2 heteroatoms. The lowest BCUT2D eigenvalue weighted by Crippen LogP contribution is -2.48. The van der Waals surface area contributed by atoms with E-state index in [0.29, 0.717) is 6.04 Å². The van der Waals surface area contributed by atoms with Gasteiger partial charge in [-0.15, -0.1) is 6.42 Å². The molecule has 0 amide bonds. The number of hydrogen-bond acceptors (Lipinski definition) is 2. The minimum absolute atomic E-state index is 0.203. The Morgan fingerprint density at radius 1 is 1.58 bits per heavy atom. The predicted octanol–water partition coefficient (Wildman–Crippen LogP) is 1.17. The van der Waals surface area contributed by atoms with Crippen LogP contribution in [-0.2, 0) is 4.74 Å². The first-order valence-corrected chi connectivity index (χ1v) is 4.47. The highest BCUT2D eigenvalue weighted by molar-refractivity contribution is 5.08. The van der Waals surface area contributed by atoms with Crippen LogP contribution in [-0.4, -0.2) is 24.8 Å². The summed E-state index contributed by atoms with van der Waals surface area (Å²) < 4.78 is 5.34. The standard InChI is InChI=1S/C10H17NO/c1-4-10(2,3)11-9-6-5-7-12-8-9/h1,9,11H,5-8H2,2-3H3. The first kappa shape index (κ1) is 9.57. The van der Waals surface area contributed by atoms with E-state index in [2.05, 4.69) is 11.2 Å². The Hall–Kier alpha value is -0.520. The molecule has 1 N–H and O–H groups in total. The van der Waals surface area contributed by atoms with Gasteiger partial charge in [-0.25, -0.2) is 0 Å². The molecule has 1 aliphatic rings. The summed E-state index contributed by atoms with van der Waals surface area (Å²) in [6.07, 6.45) is 7.68. The van der Waals surface area contributed by atoms with Crippen LogP contribution in [0.3, 0.4) is 0 Å². The Kier molecular flexibility index (Phi) is 3.13. The van der Waals surface area contributed by atoms with Crippen LogP contribution in [0.15, 0.2) is 0 Å². The Bertz CT molecular complexity index is 175. The predicted molar refractivity (Wildman–Crippen MR) is 49.9 cm³/mol. The Balaban J connectivity index is 2.35. The SMILES string of the molecule is C#CC(C)(C)NC1CCCOC1. The third-order valence-corrected chi connectivity index (χ3v) is 2.09. The zero-order valence-corrected chi connectivity index (χ0v) is 7.89. The van der Waals surface area contributed by atoms with Crippen LogP contribution in [0.4, 0.5) is 0 Å². The first-order valence-electron chi connectivity index (χ1n) is 4.47.